The molecule has 4 aromatic carbocycles. The first-order valence-electron chi connectivity index (χ1n) is 21.5. The summed E-state index contributed by atoms with van der Waals surface area (Å²) < 4.78 is 9.50. The van der Waals surface area contributed by atoms with Gasteiger partial charge in [0, 0.05) is 23.7 Å². The summed E-state index contributed by atoms with van der Waals surface area (Å²) >= 11 is 0. The van der Waals surface area contributed by atoms with Crippen LogP contribution < -0.4 is 10.6 Å². The Morgan fingerprint density at radius 3 is 1.78 bits per heavy atom. The molecule has 328 valence electrons. The fourth-order valence-electron chi connectivity index (χ4n) is 9.85. The number of imidazole rings is 2. The molecule has 2 bridgehead atoms. The van der Waals surface area contributed by atoms with Crippen LogP contribution in [0.3, 0.4) is 0 Å². The van der Waals surface area contributed by atoms with Crippen LogP contribution in [0.2, 0.25) is 0 Å². The number of aromatic amines is 2. The molecule has 9 rings (SSSR count). The minimum absolute atomic E-state index is 0. The van der Waals surface area contributed by atoms with Crippen LogP contribution in [-0.4, -0.2) is 92.6 Å². The van der Waals surface area contributed by atoms with Gasteiger partial charge in [-0.2, -0.15) is 0 Å². The molecule has 14 nitrogen and oxygen atoms in total. The predicted octanol–water partition coefficient (Wildman–Crippen LogP) is 8.92. The van der Waals surface area contributed by atoms with Crippen molar-refractivity contribution in [3.05, 3.63) is 96.8 Å². The number of H-pyrrole nitrogens is 2. The van der Waals surface area contributed by atoms with Crippen LogP contribution in [-0.2, 0) is 19.1 Å². The molecule has 0 unspecified atom stereocenters. The maximum Gasteiger partial charge on any atom is 0.407 e. The molecule has 1 saturated carbocycles. The number of piperidine rings is 1. The van der Waals surface area contributed by atoms with Gasteiger partial charge in [-0.3, -0.25) is 9.59 Å². The first-order valence-corrected chi connectivity index (χ1v) is 21.5. The molecule has 2 saturated heterocycles. The van der Waals surface area contributed by atoms with E-state index in [1.54, 1.807) is 11.8 Å². The normalized spacial score (nSPS) is 20.2. The Morgan fingerprint density at radius 2 is 1.21 bits per heavy atom. The van der Waals surface area contributed by atoms with E-state index in [2.05, 4.69) is 103 Å². The van der Waals surface area contributed by atoms with Crippen LogP contribution in [0.15, 0.2) is 85.2 Å². The number of aromatic nitrogens is 4. The second kappa shape index (κ2) is 17.6. The lowest BCUT2D eigenvalue weighted by Gasteiger charge is -2.37. The van der Waals surface area contributed by atoms with E-state index in [1.165, 1.54) is 14.2 Å². The molecule has 3 fully saturated rings. The monoisotopic (exact) mass is 852 g/mol. The number of methoxy groups -OCH3 is 2. The number of rotatable bonds is 10. The van der Waals surface area contributed by atoms with E-state index < -0.39 is 24.3 Å². The summed E-state index contributed by atoms with van der Waals surface area (Å²) in [7, 11) is 2.59. The van der Waals surface area contributed by atoms with Gasteiger partial charge in [-0.1, -0.05) is 69.8 Å². The van der Waals surface area contributed by atoms with Crippen molar-refractivity contribution in [2.75, 3.05) is 20.8 Å². The fraction of sp³-hybridized carbons (Fsp3) is 0.388. The third kappa shape index (κ3) is 8.21. The highest BCUT2D eigenvalue weighted by Gasteiger charge is 2.51. The summed E-state index contributed by atoms with van der Waals surface area (Å²) in [6.45, 7) is 6.12. The predicted molar refractivity (Wildman–Crippen MR) is 242 cm³/mol. The Hall–Kier alpha value is -6.70. The van der Waals surface area contributed by atoms with Crippen LogP contribution in [0.25, 0.3) is 55.2 Å². The van der Waals surface area contributed by atoms with E-state index in [0.29, 0.717) is 12.5 Å². The molecular formula is C49H56N8O6. The number of nitrogens with one attached hydrogen (secondary N) is 4. The van der Waals surface area contributed by atoms with E-state index in [4.69, 9.17) is 9.72 Å². The van der Waals surface area contributed by atoms with Gasteiger partial charge in [0.2, 0.25) is 11.8 Å². The SMILES string of the molecule is C.COC(=O)N[C@@H](C)C(=O)N1CCC[C@H]1c1ncc(-c2ccc3cc(-c4ccc5cc(-c6cnc([C@@H]7[C@H]8CC[C@H](C8)N7C(=O)[C@@H](NC(=O)OC)C(C)C)[nH]6)ccc5c4)ccc3c2)[nH]1. The first-order chi connectivity index (χ1) is 30.0. The lowest BCUT2D eigenvalue weighted by molar-refractivity contribution is -0.139. The average Bonchev–Trinajstić information content (AvgIpc) is 4.16. The smallest absolute Gasteiger partial charge is 0.407 e. The standard InChI is InChI=1S/C48H52N8O6.CH4/c1-26(2)41(54-48(60)62-5)46(58)56-37-17-16-36(23-37)42(56)44-50-25-39(53-44)35-15-13-31-20-29(9-11-33(31)22-35)28-8-10-32-21-34(14-12-30(32)19-28)38-24-49-43(52-38)40-7-6-18-55(40)45(57)27(3)51-47(59)61-4;/h8-15,19-22,24-27,36-37,40-42H,6-7,16-18,23H2,1-5H3,(H,49,52)(H,50,53)(H,51,59)(H,54,60);1H4/t27-,36-,37+,40-,41-,42-;/m0./s1. The van der Waals surface area contributed by atoms with Crippen molar-refractivity contribution in [2.45, 2.75) is 90.5 Å². The number of likely N-dealkylation sites (tertiary alicyclic amines) is 2. The largest absolute Gasteiger partial charge is 0.453 e. The number of carbonyl (C=O) groups is 4. The summed E-state index contributed by atoms with van der Waals surface area (Å²) in [5, 5.41) is 9.79. The third-order valence-corrected chi connectivity index (χ3v) is 13.1. The van der Waals surface area contributed by atoms with E-state index in [9.17, 15) is 19.2 Å². The highest BCUT2D eigenvalue weighted by molar-refractivity contribution is 5.94. The Bertz CT molecular complexity index is 2690. The van der Waals surface area contributed by atoms with Crippen LogP contribution in [0, 0.1) is 11.8 Å². The van der Waals surface area contributed by atoms with Gasteiger partial charge in [0.05, 0.1) is 50.1 Å². The molecule has 4 N–H and O–H groups in total. The number of benzene rings is 4. The molecule has 6 atom stereocenters. The van der Waals surface area contributed by atoms with Crippen LogP contribution in [0.5, 0.6) is 0 Å². The molecule has 6 aromatic rings. The third-order valence-electron chi connectivity index (χ3n) is 13.1. The minimum atomic E-state index is -0.706. The van der Waals surface area contributed by atoms with Gasteiger partial charge < -0.3 is 39.9 Å². The Morgan fingerprint density at radius 1 is 0.683 bits per heavy atom. The molecule has 3 aliphatic rings. The highest BCUT2D eigenvalue weighted by atomic mass is 16.5. The number of hydrogen-bond acceptors (Lipinski definition) is 8. The lowest BCUT2D eigenvalue weighted by atomic mass is 9.95. The van der Waals surface area contributed by atoms with Gasteiger partial charge in [0.1, 0.15) is 23.7 Å². The van der Waals surface area contributed by atoms with Crippen LogP contribution >= 0.6 is 0 Å². The zero-order chi connectivity index (χ0) is 43.2. The second-order valence-corrected chi connectivity index (χ2v) is 17.2. The maximum atomic E-state index is 14.0. The number of hydrogen-bond donors (Lipinski definition) is 4. The van der Waals surface area contributed by atoms with Gasteiger partial charge in [-0.15, -0.1) is 0 Å². The Labute approximate surface area is 367 Å². The molecule has 0 radical (unpaired) electrons. The zero-order valence-electron chi connectivity index (χ0n) is 35.6. The van der Waals surface area contributed by atoms with Crippen molar-refractivity contribution < 1.29 is 28.7 Å². The van der Waals surface area contributed by atoms with Gasteiger partial charge in [-0.25, -0.2) is 19.6 Å². The van der Waals surface area contributed by atoms with Crippen molar-refractivity contribution >= 4 is 45.5 Å². The summed E-state index contributed by atoms with van der Waals surface area (Å²) in [5.74, 6) is 1.46. The quantitative estimate of drug-likeness (QED) is 0.106. The summed E-state index contributed by atoms with van der Waals surface area (Å²) in [6.07, 6.45) is 7.01. The van der Waals surface area contributed by atoms with Crippen molar-refractivity contribution in [1.29, 1.82) is 0 Å². The number of ether oxygens (including phenoxy) is 2. The number of carbonyl (C=O) groups excluding carboxylic acids is 4. The van der Waals surface area contributed by atoms with Crippen molar-refractivity contribution in [1.82, 2.24) is 40.4 Å². The van der Waals surface area contributed by atoms with Crippen LogP contribution in [0.4, 0.5) is 9.59 Å². The fourth-order valence-corrected chi connectivity index (χ4v) is 9.85. The van der Waals surface area contributed by atoms with Gasteiger partial charge in [-0.05, 0) is 108 Å². The number of alkyl carbamates (subject to hydrolysis) is 2. The summed E-state index contributed by atoms with van der Waals surface area (Å²) in [5.41, 5.74) is 6.02. The van der Waals surface area contributed by atoms with Gasteiger partial charge in [0.15, 0.2) is 0 Å². The molecule has 2 aromatic heterocycles. The van der Waals surface area contributed by atoms with E-state index in [0.717, 1.165) is 98.9 Å². The molecule has 4 amide bonds. The van der Waals surface area contributed by atoms with E-state index >= 15 is 0 Å². The maximum absolute atomic E-state index is 14.0. The van der Waals surface area contributed by atoms with Crippen molar-refractivity contribution in [3.8, 4) is 33.6 Å². The number of nitrogens with zero attached hydrogens (tertiary/aromatic N) is 4. The topological polar surface area (TPSA) is 175 Å². The first kappa shape index (κ1) is 43.0. The molecular weight excluding hydrogens is 797 g/mol. The lowest BCUT2D eigenvalue weighted by Crippen LogP contribution is -2.54. The molecule has 63 heavy (non-hydrogen) atoms. The molecule has 4 heterocycles. The molecule has 1 aliphatic carbocycles. The molecule has 2 aliphatic heterocycles. The van der Waals surface area contributed by atoms with Crippen molar-refractivity contribution in [3.63, 3.8) is 0 Å². The van der Waals surface area contributed by atoms with Gasteiger partial charge in [0.25, 0.3) is 0 Å². The van der Waals surface area contributed by atoms with E-state index in [1.807, 2.05) is 31.1 Å². The number of fused-ring (bicyclic) bond motifs is 4. The highest BCUT2D eigenvalue weighted by Crippen LogP contribution is 2.50. The second-order valence-electron chi connectivity index (χ2n) is 17.2. The minimum Gasteiger partial charge on any atom is -0.453 e. The van der Waals surface area contributed by atoms with Crippen LogP contribution in [0.1, 0.15) is 84.0 Å². The number of amides is 4. The Balaban J connectivity index is 0.00000544. The van der Waals surface area contributed by atoms with Gasteiger partial charge >= 0.3 is 12.2 Å². The molecule has 14 heteroatoms. The summed E-state index contributed by atoms with van der Waals surface area (Å²) in [4.78, 5) is 71.3. The zero-order valence-corrected chi connectivity index (χ0v) is 35.6. The average molecular weight is 853 g/mol. The molecule has 0 spiro atoms. The van der Waals surface area contributed by atoms with E-state index in [-0.39, 0.29) is 43.3 Å². The van der Waals surface area contributed by atoms with Crippen molar-refractivity contribution in [2.24, 2.45) is 11.8 Å². The summed E-state index contributed by atoms with van der Waals surface area (Å²) in [6, 6.07) is 24.2. The Kier molecular flexibility index (Phi) is 12.0.